The summed E-state index contributed by atoms with van der Waals surface area (Å²) in [6.45, 7) is 0.681. The van der Waals surface area contributed by atoms with E-state index in [2.05, 4.69) is 15.2 Å². The van der Waals surface area contributed by atoms with Crippen molar-refractivity contribution in [3.63, 3.8) is 0 Å². The summed E-state index contributed by atoms with van der Waals surface area (Å²) in [6, 6.07) is 9.17. The van der Waals surface area contributed by atoms with Crippen molar-refractivity contribution in [2.45, 2.75) is 25.3 Å². The van der Waals surface area contributed by atoms with E-state index in [4.69, 9.17) is 16.0 Å². The number of halogens is 1. The predicted molar refractivity (Wildman–Crippen MR) is 95.8 cm³/mol. The Morgan fingerprint density at radius 3 is 2.81 bits per heavy atom. The maximum atomic E-state index is 12.7. The molecule has 132 valence electrons. The fourth-order valence-electron chi connectivity index (χ4n) is 3.21. The van der Waals surface area contributed by atoms with Crippen LogP contribution in [0.1, 0.15) is 46.5 Å². The Bertz CT molecular complexity index is 895. The average molecular weight is 369 g/mol. The number of hydrogen-bond donors (Lipinski definition) is 0. The molecule has 1 saturated heterocycles. The summed E-state index contributed by atoms with van der Waals surface area (Å²) in [5.41, 5.74) is 1.62. The fourth-order valence-corrected chi connectivity index (χ4v) is 3.34. The Hall–Kier alpha value is -2.73. The highest BCUT2D eigenvalue weighted by molar-refractivity contribution is 6.30. The highest BCUT2D eigenvalue weighted by atomic mass is 35.5. The lowest BCUT2D eigenvalue weighted by atomic mass is 10.1. The Balaban J connectivity index is 1.51. The van der Waals surface area contributed by atoms with Crippen LogP contribution >= 0.6 is 11.6 Å². The number of rotatable bonds is 4. The Kier molecular flexibility index (Phi) is 4.67. The Morgan fingerprint density at radius 2 is 2.04 bits per heavy atom. The van der Waals surface area contributed by atoms with Gasteiger partial charge in [-0.3, -0.25) is 4.79 Å². The minimum Gasteiger partial charge on any atom is -0.443 e. The third kappa shape index (κ3) is 3.46. The number of carbonyl (C=O) groups excluding carboxylic acids is 1. The van der Waals surface area contributed by atoms with Gasteiger partial charge in [0.25, 0.3) is 5.91 Å². The van der Waals surface area contributed by atoms with Crippen molar-refractivity contribution in [1.82, 2.24) is 20.1 Å². The molecule has 1 aromatic carbocycles. The molecule has 0 spiro atoms. The van der Waals surface area contributed by atoms with Crippen molar-refractivity contribution in [3.05, 3.63) is 76.7 Å². The molecule has 1 fully saturated rings. The molecule has 1 aliphatic rings. The first kappa shape index (κ1) is 16.7. The van der Waals surface area contributed by atoms with Crippen LogP contribution in [0.5, 0.6) is 0 Å². The van der Waals surface area contributed by atoms with Crippen LogP contribution < -0.4 is 0 Å². The minimum absolute atomic E-state index is 0.0696. The van der Waals surface area contributed by atoms with Gasteiger partial charge in [-0.15, -0.1) is 0 Å². The van der Waals surface area contributed by atoms with E-state index < -0.39 is 0 Å². The lowest BCUT2D eigenvalue weighted by Gasteiger charge is -2.22. The number of carbonyl (C=O) groups is 1. The van der Waals surface area contributed by atoms with Crippen LogP contribution in [0.15, 0.2) is 53.3 Å². The number of nitrogens with zero attached hydrogens (tertiary/aromatic N) is 4. The molecule has 7 heteroatoms. The van der Waals surface area contributed by atoms with Gasteiger partial charge in [0, 0.05) is 18.0 Å². The van der Waals surface area contributed by atoms with E-state index in [0.29, 0.717) is 29.4 Å². The second-order valence-corrected chi connectivity index (χ2v) is 6.69. The highest BCUT2D eigenvalue weighted by Crippen LogP contribution is 2.33. The summed E-state index contributed by atoms with van der Waals surface area (Å²) in [7, 11) is 0. The summed E-state index contributed by atoms with van der Waals surface area (Å²) in [4.78, 5) is 19.0. The van der Waals surface area contributed by atoms with Crippen molar-refractivity contribution < 1.29 is 9.21 Å². The third-order valence-corrected chi connectivity index (χ3v) is 4.74. The standard InChI is InChI=1S/C19H17ClN4O2/c20-15-5-3-13(4-6-15)10-16-12-21-18(26-16)17-2-1-9-24(17)19(25)14-7-8-22-23-11-14/h3-8,11-12,17H,1-2,9-10H2/t17-/m0/s1. The number of hydrogen-bond acceptors (Lipinski definition) is 5. The molecule has 4 rings (SSSR count). The zero-order valence-corrected chi connectivity index (χ0v) is 14.8. The molecule has 0 radical (unpaired) electrons. The van der Waals surface area contributed by atoms with Crippen LogP contribution in [0.3, 0.4) is 0 Å². The SMILES string of the molecule is O=C(c1ccnnc1)N1CCC[C@H]1c1ncc(Cc2ccc(Cl)cc2)o1. The molecule has 0 N–H and O–H groups in total. The predicted octanol–water partition coefficient (Wildman–Crippen LogP) is 3.69. The first-order valence-electron chi connectivity index (χ1n) is 8.47. The summed E-state index contributed by atoms with van der Waals surface area (Å²) in [5.74, 6) is 1.29. The van der Waals surface area contributed by atoms with Gasteiger partial charge in [0.1, 0.15) is 11.8 Å². The van der Waals surface area contributed by atoms with Gasteiger partial charge in [0.05, 0.1) is 24.2 Å². The van der Waals surface area contributed by atoms with E-state index in [1.165, 1.54) is 12.4 Å². The molecule has 1 aliphatic heterocycles. The van der Waals surface area contributed by atoms with Crippen molar-refractivity contribution in [3.8, 4) is 0 Å². The smallest absolute Gasteiger partial charge is 0.256 e. The normalized spacial score (nSPS) is 16.8. The van der Waals surface area contributed by atoms with Crippen molar-refractivity contribution in [2.75, 3.05) is 6.54 Å². The number of aromatic nitrogens is 3. The molecule has 0 bridgehead atoms. The van der Waals surface area contributed by atoms with Crippen molar-refractivity contribution >= 4 is 17.5 Å². The molecular formula is C19H17ClN4O2. The number of likely N-dealkylation sites (tertiary alicyclic amines) is 1. The number of oxazole rings is 1. The van der Waals surface area contributed by atoms with E-state index in [1.807, 2.05) is 24.3 Å². The van der Waals surface area contributed by atoms with Gasteiger partial charge >= 0.3 is 0 Å². The minimum atomic E-state index is -0.144. The fraction of sp³-hybridized carbons (Fsp3) is 0.263. The largest absolute Gasteiger partial charge is 0.443 e. The van der Waals surface area contributed by atoms with Gasteiger partial charge in [0.2, 0.25) is 5.89 Å². The first-order valence-corrected chi connectivity index (χ1v) is 8.85. The quantitative estimate of drug-likeness (QED) is 0.702. The van der Waals surface area contributed by atoms with Crippen molar-refractivity contribution in [2.24, 2.45) is 0 Å². The van der Waals surface area contributed by atoms with Crippen LogP contribution in [-0.4, -0.2) is 32.5 Å². The van der Waals surface area contributed by atoms with E-state index in [0.717, 1.165) is 24.2 Å². The zero-order chi connectivity index (χ0) is 17.9. The van der Waals surface area contributed by atoms with E-state index in [9.17, 15) is 4.79 Å². The first-order chi connectivity index (χ1) is 12.7. The maximum Gasteiger partial charge on any atom is 0.256 e. The molecule has 3 heterocycles. The highest BCUT2D eigenvalue weighted by Gasteiger charge is 2.33. The molecule has 0 aliphatic carbocycles. The van der Waals surface area contributed by atoms with Gasteiger partial charge in [-0.25, -0.2) is 4.98 Å². The van der Waals surface area contributed by atoms with E-state index in [1.54, 1.807) is 17.2 Å². The summed E-state index contributed by atoms with van der Waals surface area (Å²) < 4.78 is 5.95. The zero-order valence-electron chi connectivity index (χ0n) is 14.0. The van der Waals surface area contributed by atoms with Gasteiger partial charge in [-0.2, -0.15) is 10.2 Å². The van der Waals surface area contributed by atoms with Crippen LogP contribution in [0.4, 0.5) is 0 Å². The molecule has 0 unspecified atom stereocenters. The second kappa shape index (κ2) is 7.25. The molecule has 0 saturated carbocycles. The molecule has 1 amide bonds. The molecule has 3 aromatic rings. The number of amides is 1. The van der Waals surface area contributed by atoms with Gasteiger partial charge in [-0.05, 0) is 36.6 Å². The van der Waals surface area contributed by atoms with Gasteiger partial charge < -0.3 is 9.32 Å². The van der Waals surface area contributed by atoms with Crippen LogP contribution in [0.2, 0.25) is 5.02 Å². The maximum absolute atomic E-state index is 12.7. The summed E-state index contributed by atoms with van der Waals surface area (Å²) >= 11 is 5.92. The molecule has 26 heavy (non-hydrogen) atoms. The summed E-state index contributed by atoms with van der Waals surface area (Å²) in [5, 5.41) is 8.21. The van der Waals surface area contributed by atoms with E-state index >= 15 is 0 Å². The van der Waals surface area contributed by atoms with Crippen molar-refractivity contribution in [1.29, 1.82) is 0 Å². The van der Waals surface area contributed by atoms with Crippen LogP contribution in [0.25, 0.3) is 0 Å². The topological polar surface area (TPSA) is 72.1 Å². The second-order valence-electron chi connectivity index (χ2n) is 6.26. The lowest BCUT2D eigenvalue weighted by Crippen LogP contribution is -2.30. The molecule has 6 nitrogen and oxygen atoms in total. The lowest BCUT2D eigenvalue weighted by molar-refractivity contribution is 0.0714. The van der Waals surface area contributed by atoms with Crippen LogP contribution in [-0.2, 0) is 6.42 Å². The molecular weight excluding hydrogens is 352 g/mol. The third-order valence-electron chi connectivity index (χ3n) is 4.49. The van der Waals surface area contributed by atoms with Gasteiger partial charge in [0.15, 0.2) is 0 Å². The average Bonchev–Trinajstić information content (AvgIpc) is 3.33. The van der Waals surface area contributed by atoms with Gasteiger partial charge in [-0.1, -0.05) is 23.7 Å². The molecule has 1 atom stereocenters. The van der Waals surface area contributed by atoms with E-state index in [-0.39, 0.29) is 11.9 Å². The summed E-state index contributed by atoms with van der Waals surface area (Å²) in [6.07, 6.45) is 7.14. The van der Waals surface area contributed by atoms with Crippen LogP contribution in [0, 0.1) is 0 Å². The Labute approximate surface area is 155 Å². The monoisotopic (exact) mass is 368 g/mol. The number of benzene rings is 1. The molecule has 2 aromatic heterocycles. The Morgan fingerprint density at radius 1 is 1.19 bits per heavy atom.